The summed E-state index contributed by atoms with van der Waals surface area (Å²) in [6.45, 7) is 4.15. The molecule has 0 saturated heterocycles. The van der Waals surface area contributed by atoms with Gasteiger partial charge in [0.25, 0.3) is 0 Å². The second-order valence-corrected chi connectivity index (χ2v) is 5.21. The van der Waals surface area contributed by atoms with Crippen LogP contribution in [-0.2, 0) is 0 Å². The van der Waals surface area contributed by atoms with Crippen molar-refractivity contribution < 1.29 is 10.2 Å². The zero-order chi connectivity index (χ0) is 15.9. The third kappa shape index (κ3) is 3.55. The molecule has 0 aliphatic carbocycles. The van der Waals surface area contributed by atoms with Crippen molar-refractivity contribution in [3.05, 3.63) is 29.8 Å². The van der Waals surface area contributed by atoms with E-state index in [2.05, 4.69) is 10.3 Å². The lowest BCUT2D eigenvalue weighted by atomic mass is 10.0. The molecule has 5 N–H and O–H groups in total. The Kier molecular flexibility index (Phi) is 5.75. The monoisotopic (exact) mass is 301 g/mol. The van der Waals surface area contributed by atoms with Crippen molar-refractivity contribution in [2.45, 2.75) is 19.8 Å². The Bertz CT molecular complexity index is 668. The Labute approximate surface area is 130 Å². The van der Waals surface area contributed by atoms with Crippen molar-refractivity contribution in [1.82, 2.24) is 5.32 Å². The number of nitrogens with zero attached hydrogens (tertiary/aromatic N) is 1. The smallest absolute Gasteiger partial charge is 0.149 e. The second-order valence-electron chi connectivity index (χ2n) is 5.21. The summed E-state index contributed by atoms with van der Waals surface area (Å²) in [6.07, 6.45) is 3.46. The highest BCUT2D eigenvalue weighted by atomic mass is 16.3. The van der Waals surface area contributed by atoms with Crippen LogP contribution in [0.4, 0.5) is 5.69 Å². The summed E-state index contributed by atoms with van der Waals surface area (Å²) in [5.74, 6) is 0.278. The molecule has 5 nitrogen and oxygen atoms in total. The van der Waals surface area contributed by atoms with Gasteiger partial charge in [0.2, 0.25) is 0 Å². The van der Waals surface area contributed by atoms with Crippen LogP contribution in [0.5, 0.6) is 11.5 Å². The van der Waals surface area contributed by atoms with Gasteiger partial charge in [-0.15, -0.1) is 0 Å². The van der Waals surface area contributed by atoms with E-state index >= 15 is 0 Å². The van der Waals surface area contributed by atoms with E-state index in [9.17, 15) is 10.2 Å². The van der Waals surface area contributed by atoms with Crippen LogP contribution in [0, 0.1) is 6.92 Å². The van der Waals surface area contributed by atoms with Gasteiger partial charge < -0.3 is 21.3 Å². The first kappa shape index (κ1) is 16.3. The van der Waals surface area contributed by atoms with Gasteiger partial charge in [-0.3, -0.25) is 4.99 Å². The average molecular weight is 301 g/mol. The Morgan fingerprint density at radius 1 is 1.14 bits per heavy atom. The van der Waals surface area contributed by atoms with E-state index in [0.717, 1.165) is 25.9 Å². The molecule has 0 spiro atoms. The molecule has 2 aromatic rings. The Morgan fingerprint density at radius 3 is 2.50 bits per heavy atom. The summed E-state index contributed by atoms with van der Waals surface area (Å²) in [4.78, 5) is 4.33. The number of nitrogens with two attached hydrogens (primary N) is 1. The van der Waals surface area contributed by atoms with Crippen molar-refractivity contribution >= 4 is 22.7 Å². The number of aromatic hydroxyl groups is 2. The van der Waals surface area contributed by atoms with Crippen LogP contribution in [0.15, 0.2) is 29.3 Å². The first-order chi connectivity index (χ1) is 10.7. The lowest BCUT2D eigenvalue weighted by Crippen LogP contribution is -2.19. The molecular weight excluding hydrogens is 278 g/mol. The van der Waals surface area contributed by atoms with E-state index in [1.165, 1.54) is 0 Å². The molecule has 22 heavy (non-hydrogen) atoms. The molecule has 2 aromatic carbocycles. The Morgan fingerprint density at radius 2 is 1.82 bits per heavy atom. The van der Waals surface area contributed by atoms with Gasteiger partial charge in [-0.2, -0.15) is 0 Å². The van der Waals surface area contributed by atoms with Crippen molar-refractivity contribution in [3.63, 3.8) is 0 Å². The highest BCUT2D eigenvalue weighted by Crippen LogP contribution is 2.43. The number of nitrogens with one attached hydrogen (secondary N) is 1. The fraction of sp³-hybridized carbons (Fsp3) is 0.353. The summed E-state index contributed by atoms with van der Waals surface area (Å²) in [5, 5.41) is 25.1. The quantitative estimate of drug-likeness (QED) is 0.359. The number of phenolic OH excluding ortho intramolecular Hbond substituents is 2. The molecule has 0 aliphatic rings. The predicted molar refractivity (Wildman–Crippen MR) is 91.3 cm³/mol. The van der Waals surface area contributed by atoms with Crippen molar-refractivity contribution in [2.75, 3.05) is 19.6 Å². The summed E-state index contributed by atoms with van der Waals surface area (Å²) >= 11 is 0. The van der Waals surface area contributed by atoms with Gasteiger partial charge in [-0.1, -0.05) is 24.3 Å². The molecule has 0 aliphatic heterocycles. The van der Waals surface area contributed by atoms with Crippen LogP contribution in [0.3, 0.4) is 0 Å². The normalized spacial score (nSPS) is 11.5. The number of hydrogen-bond acceptors (Lipinski definition) is 5. The summed E-state index contributed by atoms with van der Waals surface area (Å²) in [5.41, 5.74) is 6.44. The zero-order valence-electron chi connectivity index (χ0n) is 12.8. The molecule has 0 atom stereocenters. The van der Waals surface area contributed by atoms with E-state index in [-0.39, 0.29) is 11.5 Å². The van der Waals surface area contributed by atoms with E-state index in [1.54, 1.807) is 25.3 Å². The van der Waals surface area contributed by atoms with Crippen molar-refractivity contribution in [3.8, 4) is 11.5 Å². The minimum Gasteiger partial charge on any atom is -0.507 e. The van der Waals surface area contributed by atoms with Crippen LogP contribution in [0.1, 0.15) is 18.4 Å². The third-order valence-electron chi connectivity index (χ3n) is 3.60. The number of phenols is 2. The summed E-state index contributed by atoms with van der Waals surface area (Å²) in [6, 6.07) is 7.21. The molecule has 0 radical (unpaired) electrons. The van der Waals surface area contributed by atoms with Crippen LogP contribution >= 0.6 is 0 Å². The number of benzene rings is 2. The SMILES string of the molecule is Cc1c(N=CCCNCCCN)c(O)c2ccccc2c1O. The minimum absolute atomic E-state index is 0.109. The van der Waals surface area contributed by atoms with E-state index in [0.29, 0.717) is 28.6 Å². The number of rotatable bonds is 7. The van der Waals surface area contributed by atoms with Crippen LogP contribution in [-0.4, -0.2) is 36.1 Å². The molecule has 0 unspecified atom stereocenters. The molecule has 0 amide bonds. The van der Waals surface area contributed by atoms with E-state index in [1.807, 2.05) is 12.1 Å². The topological polar surface area (TPSA) is 90.9 Å². The van der Waals surface area contributed by atoms with Gasteiger partial charge in [0.1, 0.15) is 17.2 Å². The predicted octanol–water partition coefficient (Wildman–Crippen LogP) is 2.59. The maximum Gasteiger partial charge on any atom is 0.149 e. The molecule has 0 heterocycles. The molecule has 118 valence electrons. The lowest BCUT2D eigenvalue weighted by Gasteiger charge is -2.11. The van der Waals surface area contributed by atoms with E-state index < -0.39 is 0 Å². The van der Waals surface area contributed by atoms with Crippen LogP contribution in [0.2, 0.25) is 0 Å². The number of hydrogen-bond donors (Lipinski definition) is 4. The van der Waals surface area contributed by atoms with Gasteiger partial charge in [0.15, 0.2) is 0 Å². The maximum absolute atomic E-state index is 10.4. The average Bonchev–Trinajstić information content (AvgIpc) is 2.54. The second kappa shape index (κ2) is 7.77. The highest BCUT2D eigenvalue weighted by Gasteiger charge is 2.14. The Balaban J connectivity index is 2.14. The van der Waals surface area contributed by atoms with Gasteiger partial charge >= 0.3 is 0 Å². The summed E-state index contributed by atoms with van der Waals surface area (Å²) < 4.78 is 0. The molecule has 0 saturated carbocycles. The van der Waals surface area contributed by atoms with Crippen LogP contribution < -0.4 is 11.1 Å². The standard InChI is InChI=1S/C17H23N3O2/c1-12-15(20-11-5-10-19-9-4-8-18)17(22)14-7-3-2-6-13(14)16(12)21/h2-3,6-7,11,19,21-22H,4-5,8-10,18H2,1H3. The van der Waals surface area contributed by atoms with Gasteiger partial charge in [0, 0.05) is 29.1 Å². The van der Waals surface area contributed by atoms with Gasteiger partial charge in [-0.25, -0.2) is 0 Å². The summed E-state index contributed by atoms with van der Waals surface area (Å²) in [7, 11) is 0. The maximum atomic E-state index is 10.4. The molecule has 0 aromatic heterocycles. The van der Waals surface area contributed by atoms with E-state index in [4.69, 9.17) is 5.73 Å². The van der Waals surface area contributed by atoms with Gasteiger partial charge in [-0.05, 0) is 32.9 Å². The van der Waals surface area contributed by atoms with Crippen molar-refractivity contribution in [2.24, 2.45) is 10.7 Å². The fourth-order valence-corrected chi connectivity index (χ4v) is 2.35. The molecule has 0 fully saturated rings. The molecule has 2 rings (SSSR count). The number of fused-ring (bicyclic) bond motifs is 1. The third-order valence-corrected chi connectivity index (χ3v) is 3.60. The van der Waals surface area contributed by atoms with Crippen LogP contribution in [0.25, 0.3) is 10.8 Å². The minimum atomic E-state index is 0.109. The first-order valence-electron chi connectivity index (χ1n) is 7.53. The number of aliphatic imine (C=N–C) groups is 1. The zero-order valence-corrected chi connectivity index (χ0v) is 12.8. The highest BCUT2D eigenvalue weighted by molar-refractivity contribution is 5.99. The first-order valence-corrected chi connectivity index (χ1v) is 7.53. The lowest BCUT2D eigenvalue weighted by molar-refractivity contribution is 0.467. The molecule has 5 heteroatoms. The Hall–Kier alpha value is -2.11. The van der Waals surface area contributed by atoms with Gasteiger partial charge in [0.05, 0.1) is 0 Å². The molecule has 0 bridgehead atoms. The fourth-order valence-electron chi connectivity index (χ4n) is 2.35. The largest absolute Gasteiger partial charge is 0.507 e. The van der Waals surface area contributed by atoms with Crippen molar-refractivity contribution in [1.29, 1.82) is 0 Å². The molecular formula is C17H23N3O2.